The summed E-state index contributed by atoms with van der Waals surface area (Å²) in [5.41, 5.74) is 1.64. The van der Waals surface area contributed by atoms with Crippen LogP contribution >= 0.6 is 0 Å². The van der Waals surface area contributed by atoms with Crippen molar-refractivity contribution < 1.29 is 9.50 Å². The lowest BCUT2D eigenvalue weighted by atomic mass is 10.1. The third-order valence-electron chi connectivity index (χ3n) is 2.26. The van der Waals surface area contributed by atoms with Crippen LogP contribution in [0.2, 0.25) is 0 Å². The van der Waals surface area contributed by atoms with E-state index in [1.54, 1.807) is 30.3 Å². The fourth-order valence-electron chi connectivity index (χ4n) is 1.39. The Labute approximate surface area is 93.5 Å². The van der Waals surface area contributed by atoms with Gasteiger partial charge >= 0.3 is 0 Å². The van der Waals surface area contributed by atoms with E-state index in [0.29, 0.717) is 0 Å². The second kappa shape index (κ2) is 4.62. The summed E-state index contributed by atoms with van der Waals surface area (Å²) in [6.45, 7) is 0. The second-order valence-electron chi connectivity index (χ2n) is 3.44. The van der Waals surface area contributed by atoms with E-state index in [-0.39, 0.29) is 11.6 Å². The summed E-state index contributed by atoms with van der Waals surface area (Å²) in [6.07, 6.45) is 3.62. The molecule has 16 heavy (non-hydrogen) atoms. The highest BCUT2D eigenvalue weighted by molar-refractivity contribution is 5.72. The summed E-state index contributed by atoms with van der Waals surface area (Å²) in [7, 11) is 0. The van der Waals surface area contributed by atoms with E-state index in [9.17, 15) is 9.50 Å². The summed E-state index contributed by atoms with van der Waals surface area (Å²) >= 11 is 0. The number of halogens is 1. The van der Waals surface area contributed by atoms with Gasteiger partial charge in [0.05, 0.1) is 0 Å². The van der Waals surface area contributed by atoms with Gasteiger partial charge in [-0.25, -0.2) is 4.39 Å². The quantitative estimate of drug-likeness (QED) is 0.756. The minimum absolute atomic E-state index is 0.237. The van der Waals surface area contributed by atoms with Gasteiger partial charge in [-0.3, -0.25) is 0 Å². The Balaban J connectivity index is 2.21. The maximum atomic E-state index is 12.6. The van der Waals surface area contributed by atoms with Crippen molar-refractivity contribution in [2.24, 2.45) is 0 Å². The van der Waals surface area contributed by atoms with Gasteiger partial charge in [-0.2, -0.15) is 0 Å². The molecule has 0 fully saturated rings. The number of phenolic OH excluding ortho intramolecular Hbond substituents is 1. The van der Waals surface area contributed by atoms with Gasteiger partial charge in [0.1, 0.15) is 11.6 Å². The van der Waals surface area contributed by atoms with Crippen molar-refractivity contribution in [2.75, 3.05) is 0 Å². The highest BCUT2D eigenvalue weighted by Crippen LogP contribution is 2.18. The van der Waals surface area contributed by atoms with Crippen LogP contribution in [0.25, 0.3) is 12.2 Å². The largest absolute Gasteiger partial charge is 0.507 e. The topological polar surface area (TPSA) is 20.2 Å². The molecule has 2 aromatic rings. The molecule has 2 aromatic carbocycles. The number of para-hydroxylation sites is 1. The Morgan fingerprint density at radius 2 is 1.56 bits per heavy atom. The van der Waals surface area contributed by atoms with Gasteiger partial charge in [0.25, 0.3) is 0 Å². The first kappa shape index (κ1) is 10.4. The molecule has 2 rings (SSSR count). The SMILES string of the molecule is Oc1ccccc1C=Cc1ccc(F)cc1. The normalized spacial score (nSPS) is 10.8. The average Bonchev–Trinajstić information content (AvgIpc) is 2.30. The molecule has 2 heteroatoms. The molecule has 0 aliphatic rings. The minimum atomic E-state index is -0.250. The smallest absolute Gasteiger partial charge is 0.123 e. The Morgan fingerprint density at radius 1 is 0.875 bits per heavy atom. The molecule has 0 saturated carbocycles. The van der Waals surface area contributed by atoms with Crippen molar-refractivity contribution in [3.8, 4) is 5.75 Å². The summed E-state index contributed by atoms with van der Waals surface area (Å²) in [5, 5.41) is 9.52. The standard InChI is InChI=1S/C14H11FO/c15-13-9-6-11(7-10-13)5-8-12-3-1-2-4-14(12)16/h1-10,16H. The fourth-order valence-corrected chi connectivity index (χ4v) is 1.39. The van der Waals surface area contributed by atoms with Crippen molar-refractivity contribution in [1.29, 1.82) is 0 Å². The molecule has 0 amide bonds. The summed E-state index contributed by atoms with van der Waals surface area (Å²) in [4.78, 5) is 0. The Kier molecular flexibility index (Phi) is 3.01. The average molecular weight is 214 g/mol. The Morgan fingerprint density at radius 3 is 2.25 bits per heavy atom. The van der Waals surface area contributed by atoms with E-state index < -0.39 is 0 Å². The minimum Gasteiger partial charge on any atom is -0.507 e. The highest BCUT2D eigenvalue weighted by atomic mass is 19.1. The summed E-state index contributed by atoms with van der Waals surface area (Å²) in [6, 6.07) is 13.3. The molecule has 0 aromatic heterocycles. The van der Waals surface area contributed by atoms with Gasteiger partial charge in [0.15, 0.2) is 0 Å². The first-order valence-corrected chi connectivity index (χ1v) is 4.97. The molecule has 0 heterocycles. The Hall–Kier alpha value is -2.09. The third-order valence-corrected chi connectivity index (χ3v) is 2.26. The molecule has 0 atom stereocenters. The van der Waals surface area contributed by atoms with Gasteiger partial charge in [-0.05, 0) is 23.8 Å². The molecule has 0 radical (unpaired) electrons. The number of aromatic hydroxyl groups is 1. The maximum absolute atomic E-state index is 12.6. The molecular formula is C14H11FO. The molecule has 0 aliphatic carbocycles. The van der Waals surface area contributed by atoms with Crippen molar-refractivity contribution in [3.05, 3.63) is 65.5 Å². The first-order valence-electron chi connectivity index (χ1n) is 4.97. The van der Waals surface area contributed by atoms with E-state index in [4.69, 9.17) is 0 Å². The van der Waals surface area contributed by atoms with Gasteiger partial charge in [-0.15, -0.1) is 0 Å². The zero-order valence-electron chi connectivity index (χ0n) is 8.60. The van der Waals surface area contributed by atoms with Crippen LogP contribution in [0.5, 0.6) is 5.75 Å². The van der Waals surface area contributed by atoms with Gasteiger partial charge in [0, 0.05) is 5.56 Å². The first-order chi connectivity index (χ1) is 7.75. The molecule has 80 valence electrons. The Bertz CT molecular complexity index is 500. The third kappa shape index (κ3) is 2.48. The zero-order valence-corrected chi connectivity index (χ0v) is 8.60. The molecule has 1 N–H and O–H groups in total. The molecule has 0 saturated heterocycles. The number of hydrogen-bond donors (Lipinski definition) is 1. The van der Waals surface area contributed by atoms with Crippen molar-refractivity contribution in [1.82, 2.24) is 0 Å². The van der Waals surface area contributed by atoms with Crippen LogP contribution < -0.4 is 0 Å². The molecule has 0 bridgehead atoms. The van der Waals surface area contributed by atoms with Crippen LogP contribution in [0.1, 0.15) is 11.1 Å². The molecule has 0 spiro atoms. The molecule has 0 unspecified atom stereocenters. The van der Waals surface area contributed by atoms with E-state index >= 15 is 0 Å². The second-order valence-corrected chi connectivity index (χ2v) is 3.44. The lowest BCUT2D eigenvalue weighted by Gasteiger charge is -1.97. The lowest BCUT2D eigenvalue weighted by Crippen LogP contribution is -1.75. The van der Waals surface area contributed by atoms with Gasteiger partial charge in [0.2, 0.25) is 0 Å². The zero-order chi connectivity index (χ0) is 11.4. The predicted octanol–water partition coefficient (Wildman–Crippen LogP) is 3.70. The maximum Gasteiger partial charge on any atom is 0.123 e. The van der Waals surface area contributed by atoms with Crippen LogP contribution in [0.15, 0.2) is 48.5 Å². The summed E-state index contributed by atoms with van der Waals surface area (Å²) in [5.74, 6) is -0.0134. The predicted molar refractivity (Wildman–Crippen MR) is 63.4 cm³/mol. The van der Waals surface area contributed by atoms with Crippen molar-refractivity contribution in [2.45, 2.75) is 0 Å². The monoisotopic (exact) mass is 214 g/mol. The van der Waals surface area contributed by atoms with Crippen LogP contribution in [0.3, 0.4) is 0 Å². The molecule has 0 aliphatic heterocycles. The molecule has 1 nitrogen and oxygen atoms in total. The number of phenols is 1. The molecular weight excluding hydrogens is 203 g/mol. The lowest BCUT2D eigenvalue weighted by molar-refractivity contribution is 0.474. The van der Waals surface area contributed by atoms with E-state index in [1.807, 2.05) is 18.2 Å². The van der Waals surface area contributed by atoms with Crippen LogP contribution in [0.4, 0.5) is 4.39 Å². The van der Waals surface area contributed by atoms with E-state index in [1.165, 1.54) is 12.1 Å². The van der Waals surface area contributed by atoms with Gasteiger partial charge < -0.3 is 5.11 Å². The van der Waals surface area contributed by atoms with Crippen molar-refractivity contribution in [3.63, 3.8) is 0 Å². The van der Waals surface area contributed by atoms with Crippen LogP contribution in [-0.4, -0.2) is 5.11 Å². The highest BCUT2D eigenvalue weighted by Gasteiger charge is 1.94. The van der Waals surface area contributed by atoms with Crippen LogP contribution in [0, 0.1) is 5.82 Å². The van der Waals surface area contributed by atoms with E-state index in [0.717, 1.165) is 11.1 Å². The van der Waals surface area contributed by atoms with Crippen molar-refractivity contribution >= 4 is 12.2 Å². The number of rotatable bonds is 2. The van der Waals surface area contributed by atoms with Gasteiger partial charge in [-0.1, -0.05) is 42.5 Å². The summed E-state index contributed by atoms with van der Waals surface area (Å²) < 4.78 is 12.6. The number of hydrogen-bond acceptors (Lipinski definition) is 1. The van der Waals surface area contributed by atoms with Crippen LogP contribution in [-0.2, 0) is 0 Å². The fraction of sp³-hybridized carbons (Fsp3) is 0. The van der Waals surface area contributed by atoms with E-state index in [2.05, 4.69) is 0 Å². The number of benzene rings is 2.